The fraction of sp³-hybridized carbons (Fsp3) is 0.778. The Morgan fingerprint density at radius 2 is 2.14 bits per heavy atom. The van der Waals surface area contributed by atoms with Gasteiger partial charge in [-0.15, -0.1) is 0 Å². The Kier molecular flexibility index (Phi) is 5.33. The first-order chi connectivity index (χ1) is 6.32. The lowest BCUT2D eigenvalue weighted by Crippen LogP contribution is -2.50. The third kappa shape index (κ3) is 4.22. The van der Waals surface area contributed by atoms with Crippen molar-refractivity contribution in [1.82, 2.24) is 4.90 Å². The predicted octanol–water partition coefficient (Wildman–Crippen LogP) is 0.582. The Morgan fingerprint density at radius 1 is 1.64 bits per heavy atom. The molecule has 0 aromatic rings. The Bertz CT molecular complexity index is 203. The summed E-state index contributed by atoms with van der Waals surface area (Å²) in [5.41, 5.74) is 0.549. The third-order valence-electron chi connectivity index (χ3n) is 2.29. The third-order valence-corrected chi connectivity index (χ3v) is 2.29. The van der Waals surface area contributed by atoms with Crippen LogP contribution < -0.4 is 0 Å². The monoisotopic (exact) mass is 201 g/mol. The zero-order valence-electron chi connectivity index (χ0n) is 8.87. The van der Waals surface area contributed by atoms with Crippen LogP contribution >= 0.6 is 0 Å². The fourth-order valence-corrected chi connectivity index (χ4v) is 1.08. The minimum absolute atomic E-state index is 0.109. The van der Waals surface area contributed by atoms with Crippen molar-refractivity contribution >= 4 is 7.85 Å². The lowest BCUT2D eigenvalue weighted by Gasteiger charge is -2.34. The second-order valence-electron chi connectivity index (χ2n) is 3.48. The molecule has 0 saturated heterocycles. The van der Waals surface area contributed by atoms with Crippen LogP contribution in [0.5, 0.6) is 0 Å². The van der Waals surface area contributed by atoms with E-state index in [9.17, 15) is 4.39 Å². The van der Waals surface area contributed by atoms with Crippen molar-refractivity contribution in [2.75, 3.05) is 13.1 Å². The molecule has 80 valence electrons. The van der Waals surface area contributed by atoms with Crippen molar-refractivity contribution in [1.29, 1.82) is 0 Å². The molecule has 2 radical (unpaired) electrons. The van der Waals surface area contributed by atoms with Crippen molar-refractivity contribution in [2.24, 2.45) is 5.92 Å². The van der Waals surface area contributed by atoms with Gasteiger partial charge in [-0.3, -0.25) is 4.90 Å². The summed E-state index contributed by atoms with van der Waals surface area (Å²) < 4.78 is 12.2. The Morgan fingerprint density at radius 3 is 2.43 bits per heavy atom. The van der Waals surface area contributed by atoms with E-state index in [1.165, 1.54) is 4.90 Å². The quantitative estimate of drug-likeness (QED) is 0.505. The van der Waals surface area contributed by atoms with Crippen LogP contribution in [0.15, 0.2) is 11.9 Å². The van der Waals surface area contributed by atoms with Crippen molar-refractivity contribution in [3.63, 3.8) is 0 Å². The van der Waals surface area contributed by atoms with E-state index in [4.69, 9.17) is 18.1 Å². The van der Waals surface area contributed by atoms with Gasteiger partial charge in [-0.1, -0.05) is 13.8 Å². The molecular weight excluding hydrogens is 184 g/mol. The number of halogens is 1. The summed E-state index contributed by atoms with van der Waals surface area (Å²) in [6.45, 7) is 5.86. The molecule has 0 aromatic heterocycles. The van der Waals surface area contributed by atoms with Crippen molar-refractivity contribution < 1.29 is 14.6 Å². The van der Waals surface area contributed by atoms with Gasteiger partial charge in [0.05, 0.1) is 6.33 Å². The number of nitrogens with zero attached hydrogens (tertiary/aromatic N) is 1. The van der Waals surface area contributed by atoms with Crippen LogP contribution in [0.2, 0.25) is 0 Å². The summed E-state index contributed by atoms with van der Waals surface area (Å²) in [5.74, 6) is -2.44. The highest BCUT2D eigenvalue weighted by Gasteiger charge is 2.25. The molecule has 0 aliphatic carbocycles. The predicted molar refractivity (Wildman–Crippen MR) is 54.2 cm³/mol. The smallest absolute Gasteiger partial charge is 0.178 e. The van der Waals surface area contributed by atoms with E-state index < -0.39 is 5.81 Å². The molecule has 14 heavy (non-hydrogen) atoms. The molecule has 0 saturated carbocycles. The summed E-state index contributed by atoms with van der Waals surface area (Å²) in [7, 11) is 5.10. The van der Waals surface area contributed by atoms with E-state index in [1.807, 2.05) is 0 Å². The van der Waals surface area contributed by atoms with Crippen LogP contribution in [0.1, 0.15) is 20.8 Å². The molecule has 0 aliphatic rings. The first-order valence-electron chi connectivity index (χ1n) is 4.58. The lowest BCUT2D eigenvalue weighted by atomic mass is 9.98. The Balaban J connectivity index is 4.34. The van der Waals surface area contributed by atoms with Crippen LogP contribution in [-0.2, 0) is 0 Å². The molecule has 0 aromatic carbocycles. The molecule has 0 amide bonds. The summed E-state index contributed by atoms with van der Waals surface area (Å²) >= 11 is 0. The first kappa shape index (κ1) is 13.6. The lowest BCUT2D eigenvalue weighted by molar-refractivity contribution is -0.197. The number of aliphatic hydroxyl groups is 2. The molecule has 0 aliphatic heterocycles. The first-order valence-corrected chi connectivity index (χ1v) is 4.58. The standard InChI is InChI=1S/C9H17BFNO2/c1-4-12(9(10,13)14)6-8(3)7(2)5-11/h5,8,13-14H,4,6H2,1-3H3/b7-5-. The van der Waals surface area contributed by atoms with Crippen LogP contribution in [0.25, 0.3) is 0 Å². The highest BCUT2D eigenvalue weighted by atomic mass is 19.1. The average molecular weight is 201 g/mol. The highest BCUT2D eigenvalue weighted by Crippen LogP contribution is 2.14. The average Bonchev–Trinajstić information content (AvgIpc) is 2.10. The van der Waals surface area contributed by atoms with Gasteiger partial charge in [-0.2, -0.15) is 0 Å². The molecule has 1 unspecified atom stereocenters. The van der Waals surface area contributed by atoms with E-state index in [2.05, 4.69) is 0 Å². The van der Waals surface area contributed by atoms with Gasteiger partial charge in [-0.05, 0) is 25.0 Å². The maximum Gasteiger partial charge on any atom is 0.178 e. The molecule has 5 heteroatoms. The summed E-state index contributed by atoms with van der Waals surface area (Å²) in [5, 5.41) is 18.3. The van der Waals surface area contributed by atoms with E-state index >= 15 is 0 Å². The SMILES string of the molecule is [B]C(O)(O)N(CC)CC(C)/C(C)=C\F. The normalized spacial score (nSPS) is 16.1. The molecule has 0 rings (SSSR count). The van der Waals surface area contributed by atoms with Crippen molar-refractivity contribution in [3.8, 4) is 0 Å². The van der Waals surface area contributed by atoms with E-state index in [-0.39, 0.29) is 5.92 Å². The van der Waals surface area contributed by atoms with Gasteiger partial charge in [0.25, 0.3) is 0 Å². The Hall–Kier alpha value is -0.385. The van der Waals surface area contributed by atoms with Gasteiger partial charge < -0.3 is 10.2 Å². The van der Waals surface area contributed by atoms with Gasteiger partial charge in [-0.25, -0.2) is 4.39 Å². The van der Waals surface area contributed by atoms with E-state index in [1.54, 1.807) is 20.8 Å². The Labute approximate surface area is 85.6 Å². The summed E-state index contributed by atoms with van der Waals surface area (Å²) in [6.07, 6.45) is 0.519. The number of rotatable bonds is 5. The molecule has 0 spiro atoms. The minimum Gasteiger partial charge on any atom is -0.362 e. The van der Waals surface area contributed by atoms with Crippen molar-refractivity contribution in [3.05, 3.63) is 11.9 Å². The van der Waals surface area contributed by atoms with Crippen molar-refractivity contribution in [2.45, 2.75) is 26.6 Å². The van der Waals surface area contributed by atoms with Gasteiger partial charge in [0.15, 0.2) is 13.7 Å². The van der Waals surface area contributed by atoms with Crippen LogP contribution in [-0.4, -0.2) is 41.9 Å². The largest absolute Gasteiger partial charge is 0.362 e. The second-order valence-corrected chi connectivity index (χ2v) is 3.48. The van der Waals surface area contributed by atoms with Gasteiger partial charge >= 0.3 is 0 Å². The minimum atomic E-state index is -2.33. The van der Waals surface area contributed by atoms with E-state index in [0.29, 0.717) is 25.0 Å². The summed E-state index contributed by atoms with van der Waals surface area (Å²) in [6, 6.07) is 0. The van der Waals surface area contributed by atoms with Gasteiger partial charge in [0, 0.05) is 6.54 Å². The van der Waals surface area contributed by atoms with Crippen LogP contribution in [0, 0.1) is 5.92 Å². The fourth-order valence-electron chi connectivity index (χ4n) is 1.08. The maximum atomic E-state index is 12.2. The molecule has 2 N–H and O–H groups in total. The highest BCUT2D eigenvalue weighted by molar-refractivity contribution is 6.12. The van der Waals surface area contributed by atoms with Crippen LogP contribution in [0.4, 0.5) is 4.39 Å². The molecule has 3 nitrogen and oxygen atoms in total. The number of hydrogen-bond acceptors (Lipinski definition) is 3. The zero-order valence-corrected chi connectivity index (χ0v) is 8.87. The van der Waals surface area contributed by atoms with Gasteiger partial charge in [0.1, 0.15) is 0 Å². The second kappa shape index (κ2) is 5.48. The van der Waals surface area contributed by atoms with E-state index in [0.717, 1.165) is 0 Å². The molecule has 1 atom stereocenters. The van der Waals surface area contributed by atoms with Crippen LogP contribution in [0.3, 0.4) is 0 Å². The molecule has 0 heterocycles. The molecule has 0 fully saturated rings. The van der Waals surface area contributed by atoms with Gasteiger partial charge in [0.2, 0.25) is 0 Å². The zero-order chi connectivity index (χ0) is 11.4. The summed E-state index contributed by atoms with van der Waals surface area (Å²) in [4.78, 5) is 1.25. The number of hydrogen-bond donors (Lipinski definition) is 2. The molecular formula is C9H17BFNO2. The molecule has 0 bridgehead atoms. The topological polar surface area (TPSA) is 43.7 Å². The maximum absolute atomic E-state index is 12.2.